The predicted octanol–water partition coefficient (Wildman–Crippen LogP) is 4.27. The second-order valence-corrected chi connectivity index (χ2v) is 7.43. The van der Waals surface area contributed by atoms with Crippen molar-refractivity contribution in [2.75, 3.05) is 11.4 Å². The minimum atomic E-state index is -0.564. The summed E-state index contributed by atoms with van der Waals surface area (Å²) in [6.45, 7) is 0.461. The van der Waals surface area contributed by atoms with E-state index in [0.29, 0.717) is 30.0 Å². The molecule has 146 valence electrons. The summed E-state index contributed by atoms with van der Waals surface area (Å²) < 4.78 is 0. The Morgan fingerprint density at radius 3 is 2.41 bits per heavy atom. The van der Waals surface area contributed by atoms with Crippen molar-refractivity contribution in [2.24, 2.45) is 0 Å². The Morgan fingerprint density at radius 2 is 1.62 bits per heavy atom. The van der Waals surface area contributed by atoms with Crippen LogP contribution in [0.5, 0.6) is 0 Å². The van der Waals surface area contributed by atoms with Crippen molar-refractivity contribution in [3.8, 4) is 0 Å². The lowest BCUT2D eigenvalue weighted by atomic mass is 10.1. The quantitative estimate of drug-likeness (QED) is 0.690. The van der Waals surface area contributed by atoms with E-state index in [9.17, 15) is 9.59 Å². The lowest BCUT2D eigenvalue weighted by Gasteiger charge is -2.25. The van der Waals surface area contributed by atoms with Crippen LogP contribution >= 0.6 is 11.6 Å². The van der Waals surface area contributed by atoms with E-state index in [4.69, 9.17) is 11.6 Å². The zero-order valence-electron chi connectivity index (χ0n) is 15.8. The van der Waals surface area contributed by atoms with Crippen LogP contribution in [0.2, 0.25) is 5.02 Å². The van der Waals surface area contributed by atoms with Gasteiger partial charge < -0.3 is 5.32 Å². The monoisotopic (exact) mass is 404 g/mol. The number of amides is 2. The van der Waals surface area contributed by atoms with E-state index < -0.39 is 6.04 Å². The maximum atomic E-state index is 13.2. The van der Waals surface area contributed by atoms with E-state index in [1.165, 1.54) is 0 Å². The molecule has 0 saturated heterocycles. The first-order chi connectivity index (χ1) is 14.1. The summed E-state index contributed by atoms with van der Waals surface area (Å²) in [6, 6.07) is 23.8. The fourth-order valence-electron chi connectivity index (χ4n) is 3.71. The molecule has 1 aliphatic heterocycles. The molecule has 1 aliphatic rings. The number of benzene rings is 3. The number of fused-ring (bicyclic) bond motifs is 1. The van der Waals surface area contributed by atoms with E-state index in [2.05, 4.69) is 5.32 Å². The fourth-order valence-corrected chi connectivity index (χ4v) is 3.94. The number of hydrogen-bond donors (Lipinski definition) is 1. The molecule has 0 spiro atoms. The van der Waals surface area contributed by atoms with E-state index in [-0.39, 0.29) is 11.8 Å². The number of nitrogens with one attached hydrogen (secondary N) is 1. The minimum Gasteiger partial charge on any atom is -0.354 e. The molecule has 4 nitrogen and oxygen atoms in total. The molecule has 2 amide bonds. The van der Waals surface area contributed by atoms with Gasteiger partial charge in [0.2, 0.25) is 5.91 Å². The van der Waals surface area contributed by atoms with Crippen LogP contribution in [0.25, 0.3) is 0 Å². The normalized spacial score (nSPS) is 15.1. The Kier molecular flexibility index (Phi) is 5.63. The van der Waals surface area contributed by atoms with Gasteiger partial charge in [0.25, 0.3) is 5.91 Å². The molecule has 0 saturated carbocycles. The first kappa shape index (κ1) is 19.2. The van der Waals surface area contributed by atoms with Gasteiger partial charge in [0, 0.05) is 29.2 Å². The molecule has 4 rings (SSSR count). The number of halogens is 1. The summed E-state index contributed by atoms with van der Waals surface area (Å²) in [5, 5.41) is 3.67. The van der Waals surface area contributed by atoms with Crippen molar-refractivity contribution in [3.63, 3.8) is 0 Å². The number of carbonyl (C=O) groups is 2. The highest BCUT2D eigenvalue weighted by Gasteiger charge is 2.38. The highest BCUT2D eigenvalue weighted by atomic mass is 35.5. The molecule has 29 heavy (non-hydrogen) atoms. The van der Waals surface area contributed by atoms with Gasteiger partial charge >= 0.3 is 0 Å². The largest absolute Gasteiger partial charge is 0.354 e. The van der Waals surface area contributed by atoms with Gasteiger partial charge in [0.05, 0.1) is 0 Å². The van der Waals surface area contributed by atoms with Crippen LogP contribution in [0.15, 0.2) is 78.9 Å². The van der Waals surface area contributed by atoms with E-state index >= 15 is 0 Å². The lowest BCUT2D eigenvalue weighted by molar-refractivity contribution is -0.122. The topological polar surface area (TPSA) is 49.4 Å². The molecule has 5 heteroatoms. The van der Waals surface area contributed by atoms with Crippen molar-refractivity contribution in [1.29, 1.82) is 0 Å². The number of para-hydroxylation sites is 1. The van der Waals surface area contributed by atoms with Crippen molar-refractivity contribution < 1.29 is 9.59 Å². The Labute approximate surface area is 175 Å². The molecule has 1 N–H and O–H groups in total. The van der Waals surface area contributed by atoms with Gasteiger partial charge in [-0.15, -0.1) is 0 Å². The molecule has 0 aromatic heterocycles. The summed E-state index contributed by atoms with van der Waals surface area (Å²) in [5.41, 5.74) is 3.36. The van der Waals surface area contributed by atoms with Crippen LogP contribution in [0.1, 0.15) is 21.5 Å². The number of carbonyl (C=O) groups excluding carboxylic acids is 2. The van der Waals surface area contributed by atoms with Crippen LogP contribution in [-0.2, 0) is 17.6 Å². The third-order valence-electron chi connectivity index (χ3n) is 5.17. The zero-order valence-corrected chi connectivity index (χ0v) is 16.6. The van der Waals surface area contributed by atoms with Crippen LogP contribution in [0.4, 0.5) is 5.69 Å². The maximum absolute atomic E-state index is 13.2. The van der Waals surface area contributed by atoms with Crippen molar-refractivity contribution in [3.05, 3.63) is 101 Å². The second-order valence-electron chi connectivity index (χ2n) is 7.02. The molecular formula is C24H21ClN2O2. The number of hydrogen-bond acceptors (Lipinski definition) is 2. The molecule has 0 aliphatic carbocycles. The average molecular weight is 405 g/mol. The van der Waals surface area contributed by atoms with Crippen LogP contribution < -0.4 is 10.2 Å². The first-order valence-corrected chi connectivity index (χ1v) is 10.0. The average Bonchev–Trinajstić information content (AvgIpc) is 3.15. The van der Waals surface area contributed by atoms with Gasteiger partial charge in [-0.3, -0.25) is 14.5 Å². The molecule has 1 heterocycles. The minimum absolute atomic E-state index is 0.155. The third-order valence-corrected chi connectivity index (χ3v) is 5.54. The van der Waals surface area contributed by atoms with Gasteiger partial charge in [-0.25, -0.2) is 0 Å². The third kappa shape index (κ3) is 4.03. The van der Waals surface area contributed by atoms with E-state index in [1.807, 2.05) is 66.7 Å². The van der Waals surface area contributed by atoms with Crippen LogP contribution in [0, 0.1) is 0 Å². The predicted molar refractivity (Wildman–Crippen MR) is 115 cm³/mol. The smallest absolute Gasteiger partial charge is 0.259 e. The summed E-state index contributed by atoms with van der Waals surface area (Å²) in [5.74, 6) is -0.320. The first-order valence-electron chi connectivity index (χ1n) is 9.63. The summed E-state index contributed by atoms with van der Waals surface area (Å²) in [4.78, 5) is 27.8. The van der Waals surface area contributed by atoms with E-state index in [0.717, 1.165) is 16.8 Å². The standard InChI is InChI=1S/C24H21ClN2O2/c25-20-12-6-4-8-17(20)14-15-26-23(28)22-16-19-11-5-7-13-21(19)27(22)24(29)18-9-2-1-3-10-18/h1-13,22H,14-16H2,(H,26,28)/t22-/m1/s1. The molecule has 0 radical (unpaired) electrons. The lowest BCUT2D eigenvalue weighted by Crippen LogP contribution is -2.48. The van der Waals surface area contributed by atoms with Crippen molar-refractivity contribution in [2.45, 2.75) is 18.9 Å². The Balaban J connectivity index is 1.51. The van der Waals surface area contributed by atoms with Gasteiger partial charge in [0.15, 0.2) is 0 Å². The molecule has 0 unspecified atom stereocenters. The second kappa shape index (κ2) is 8.50. The summed E-state index contributed by atoms with van der Waals surface area (Å²) >= 11 is 6.19. The Bertz CT molecular complexity index is 1040. The summed E-state index contributed by atoms with van der Waals surface area (Å²) in [7, 11) is 0. The number of rotatable bonds is 5. The molecule has 1 atom stereocenters. The number of nitrogens with zero attached hydrogens (tertiary/aromatic N) is 1. The zero-order chi connectivity index (χ0) is 20.2. The van der Waals surface area contributed by atoms with Crippen molar-refractivity contribution >= 4 is 29.1 Å². The Hall–Kier alpha value is -3.11. The molecule has 3 aromatic rings. The molecule has 0 fully saturated rings. The van der Waals surface area contributed by atoms with E-state index in [1.54, 1.807) is 17.0 Å². The highest BCUT2D eigenvalue weighted by Crippen LogP contribution is 2.33. The van der Waals surface area contributed by atoms with Gasteiger partial charge in [-0.1, -0.05) is 66.2 Å². The Morgan fingerprint density at radius 1 is 0.931 bits per heavy atom. The van der Waals surface area contributed by atoms with Gasteiger partial charge in [-0.05, 0) is 41.8 Å². The molecule has 0 bridgehead atoms. The fraction of sp³-hybridized carbons (Fsp3) is 0.167. The van der Waals surface area contributed by atoms with Gasteiger partial charge in [0.1, 0.15) is 6.04 Å². The van der Waals surface area contributed by atoms with Gasteiger partial charge in [-0.2, -0.15) is 0 Å². The van der Waals surface area contributed by atoms with Crippen molar-refractivity contribution in [1.82, 2.24) is 5.32 Å². The SMILES string of the molecule is O=C(NCCc1ccccc1Cl)[C@H]1Cc2ccccc2N1C(=O)c1ccccc1. The van der Waals surface area contributed by atoms with Crippen LogP contribution in [0.3, 0.4) is 0 Å². The molecular weight excluding hydrogens is 384 g/mol. The number of anilines is 1. The van der Waals surface area contributed by atoms with Crippen LogP contribution in [-0.4, -0.2) is 24.4 Å². The maximum Gasteiger partial charge on any atom is 0.259 e. The highest BCUT2D eigenvalue weighted by molar-refractivity contribution is 6.31. The molecule has 3 aromatic carbocycles. The summed E-state index contributed by atoms with van der Waals surface area (Å²) in [6.07, 6.45) is 1.14.